The summed E-state index contributed by atoms with van der Waals surface area (Å²) in [7, 11) is 0. The molecule has 0 fully saturated rings. The molecule has 0 aliphatic heterocycles. The number of carboxylic acids is 1. The maximum absolute atomic E-state index is 14.6. The SMILES string of the molecule is CC(C)(Oc1ccc(OCc2nn(-c3ccc(C(F)(F)F)cc3)c(=O)n2-c2ccccc2F)cc1)C(=O)O. The number of alkyl halides is 3. The zero-order valence-electron chi connectivity index (χ0n) is 20.1. The quantitative estimate of drug-likeness (QED) is 0.322. The summed E-state index contributed by atoms with van der Waals surface area (Å²) in [4.78, 5) is 24.5. The van der Waals surface area contributed by atoms with E-state index in [1.165, 1.54) is 56.3 Å². The number of aromatic nitrogens is 3. The van der Waals surface area contributed by atoms with Crippen LogP contribution in [0.1, 0.15) is 25.2 Å². The molecule has 0 aliphatic carbocycles. The molecular weight excluding hydrogens is 510 g/mol. The van der Waals surface area contributed by atoms with Gasteiger partial charge in [-0.25, -0.2) is 18.5 Å². The number of carboxylic acid groups (broad SMARTS) is 1. The molecule has 0 aliphatic rings. The highest BCUT2D eigenvalue weighted by Gasteiger charge is 2.31. The summed E-state index contributed by atoms with van der Waals surface area (Å²) in [6.07, 6.45) is -4.56. The van der Waals surface area contributed by atoms with Gasteiger partial charge in [0.2, 0.25) is 0 Å². The van der Waals surface area contributed by atoms with Gasteiger partial charge < -0.3 is 14.6 Å². The highest BCUT2D eigenvalue weighted by molar-refractivity contribution is 5.76. The lowest BCUT2D eigenvalue weighted by Gasteiger charge is -2.21. The van der Waals surface area contributed by atoms with Crippen LogP contribution in [0.3, 0.4) is 0 Å². The molecule has 0 saturated carbocycles. The summed E-state index contributed by atoms with van der Waals surface area (Å²) < 4.78 is 66.5. The standard InChI is InChI=1S/C26H21F4N3O5/c1-25(2,23(34)35)38-19-13-11-18(12-14-19)37-15-22-31-33(17-9-7-16(8-10-17)26(28,29)30)24(36)32(22)21-6-4-3-5-20(21)27/h3-14H,15H2,1-2H3,(H,34,35). The second-order valence-electron chi connectivity index (χ2n) is 8.62. The Bertz CT molecular complexity index is 1510. The minimum absolute atomic E-state index is 0.0210. The first kappa shape index (κ1) is 26.5. The molecule has 0 saturated heterocycles. The molecule has 198 valence electrons. The fourth-order valence-electron chi connectivity index (χ4n) is 3.43. The van der Waals surface area contributed by atoms with Gasteiger partial charge in [0.15, 0.2) is 11.4 Å². The van der Waals surface area contributed by atoms with Crippen molar-refractivity contribution in [1.29, 1.82) is 0 Å². The predicted molar refractivity (Wildman–Crippen MR) is 127 cm³/mol. The van der Waals surface area contributed by atoms with E-state index in [0.717, 1.165) is 39.6 Å². The summed E-state index contributed by atoms with van der Waals surface area (Å²) in [6, 6.07) is 15.3. The number of halogens is 4. The molecule has 12 heteroatoms. The van der Waals surface area contributed by atoms with Crippen molar-refractivity contribution in [1.82, 2.24) is 14.3 Å². The predicted octanol–water partition coefficient (Wildman–Crippen LogP) is 5.00. The molecule has 3 aromatic carbocycles. The van der Waals surface area contributed by atoms with E-state index in [4.69, 9.17) is 9.47 Å². The maximum atomic E-state index is 14.6. The van der Waals surface area contributed by atoms with Crippen LogP contribution in [-0.2, 0) is 17.6 Å². The van der Waals surface area contributed by atoms with Crippen LogP contribution >= 0.6 is 0 Å². The number of para-hydroxylation sites is 1. The zero-order valence-corrected chi connectivity index (χ0v) is 20.1. The van der Waals surface area contributed by atoms with Gasteiger partial charge in [0.25, 0.3) is 0 Å². The second kappa shape index (κ2) is 10.0. The van der Waals surface area contributed by atoms with E-state index in [2.05, 4.69) is 5.10 Å². The lowest BCUT2D eigenvalue weighted by Crippen LogP contribution is -2.37. The van der Waals surface area contributed by atoms with E-state index in [1.807, 2.05) is 0 Å². The summed E-state index contributed by atoms with van der Waals surface area (Å²) in [5.41, 5.74) is -3.24. The van der Waals surface area contributed by atoms with E-state index < -0.39 is 34.8 Å². The third-order valence-electron chi connectivity index (χ3n) is 5.46. The van der Waals surface area contributed by atoms with Crippen LogP contribution < -0.4 is 15.2 Å². The summed E-state index contributed by atoms with van der Waals surface area (Å²) in [6.45, 7) is 2.49. The molecular formula is C26H21F4N3O5. The average molecular weight is 531 g/mol. The number of benzene rings is 3. The smallest absolute Gasteiger partial charge is 0.416 e. The summed E-state index contributed by atoms with van der Waals surface area (Å²) in [5.74, 6) is -1.30. The zero-order chi connectivity index (χ0) is 27.7. The molecule has 0 unspecified atom stereocenters. The molecule has 0 radical (unpaired) electrons. The molecule has 0 spiro atoms. The van der Waals surface area contributed by atoms with Crippen molar-refractivity contribution < 1.29 is 36.9 Å². The minimum Gasteiger partial charge on any atom is -0.486 e. The Kier molecular flexibility index (Phi) is 6.99. The third kappa shape index (κ3) is 5.53. The Hall–Kier alpha value is -4.61. The van der Waals surface area contributed by atoms with Gasteiger partial charge in [-0.15, -0.1) is 5.10 Å². The van der Waals surface area contributed by atoms with Crippen molar-refractivity contribution in [3.63, 3.8) is 0 Å². The topological polar surface area (TPSA) is 95.6 Å². The molecule has 1 aromatic heterocycles. The first-order chi connectivity index (χ1) is 17.9. The molecule has 1 heterocycles. The number of hydrogen-bond donors (Lipinski definition) is 1. The third-order valence-corrected chi connectivity index (χ3v) is 5.46. The van der Waals surface area contributed by atoms with E-state index in [-0.39, 0.29) is 29.6 Å². The van der Waals surface area contributed by atoms with E-state index in [1.54, 1.807) is 0 Å². The number of nitrogens with zero attached hydrogens (tertiary/aromatic N) is 3. The number of aliphatic carboxylic acids is 1. The van der Waals surface area contributed by atoms with Crippen LogP contribution in [0, 0.1) is 5.82 Å². The molecule has 0 bridgehead atoms. The van der Waals surface area contributed by atoms with Crippen molar-refractivity contribution in [3.8, 4) is 22.9 Å². The number of carbonyl (C=O) groups is 1. The van der Waals surface area contributed by atoms with Gasteiger partial charge in [0.05, 0.1) is 16.9 Å². The highest BCUT2D eigenvalue weighted by Crippen LogP contribution is 2.29. The van der Waals surface area contributed by atoms with Crippen LogP contribution in [0.25, 0.3) is 11.4 Å². The molecule has 0 amide bonds. The Labute approximate surface area is 213 Å². The van der Waals surface area contributed by atoms with Gasteiger partial charge in [-0.1, -0.05) is 12.1 Å². The fraction of sp³-hybridized carbons (Fsp3) is 0.192. The van der Waals surface area contributed by atoms with Crippen LogP contribution in [0.2, 0.25) is 0 Å². The molecule has 1 N–H and O–H groups in total. The van der Waals surface area contributed by atoms with E-state index in [9.17, 15) is 32.3 Å². The molecule has 4 aromatic rings. The Morgan fingerprint density at radius 3 is 2.13 bits per heavy atom. The Balaban J connectivity index is 1.65. The molecule has 38 heavy (non-hydrogen) atoms. The van der Waals surface area contributed by atoms with Crippen molar-refractivity contribution in [3.05, 3.63) is 100 Å². The van der Waals surface area contributed by atoms with Gasteiger partial charge in [-0.2, -0.15) is 17.9 Å². The second-order valence-corrected chi connectivity index (χ2v) is 8.62. The van der Waals surface area contributed by atoms with Gasteiger partial charge in [-0.05, 0) is 74.5 Å². The highest BCUT2D eigenvalue weighted by atomic mass is 19.4. The van der Waals surface area contributed by atoms with Gasteiger partial charge in [0.1, 0.15) is 23.9 Å². The normalized spacial score (nSPS) is 11.8. The van der Waals surface area contributed by atoms with Crippen molar-refractivity contribution >= 4 is 5.97 Å². The Morgan fingerprint density at radius 1 is 0.947 bits per heavy atom. The monoisotopic (exact) mass is 531 g/mol. The number of ether oxygens (including phenoxy) is 2. The van der Waals surface area contributed by atoms with Crippen LogP contribution in [0.15, 0.2) is 77.6 Å². The average Bonchev–Trinajstić information content (AvgIpc) is 3.19. The lowest BCUT2D eigenvalue weighted by molar-refractivity contribution is -0.152. The molecule has 4 rings (SSSR count). The van der Waals surface area contributed by atoms with E-state index in [0.29, 0.717) is 5.75 Å². The van der Waals surface area contributed by atoms with Crippen LogP contribution in [-0.4, -0.2) is 31.0 Å². The van der Waals surface area contributed by atoms with Crippen LogP contribution in [0.5, 0.6) is 11.5 Å². The summed E-state index contributed by atoms with van der Waals surface area (Å²) >= 11 is 0. The molecule has 8 nitrogen and oxygen atoms in total. The van der Waals surface area contributed by atoms with Crippen LogP contribution in [0.4, 0.5) is 17.6 Å². The Morgan fingerprint density at radius 2 is 1.55 bits per heavy atom. The number of rotatable bonds is 8. The van der Waals surface area contributed by atoms with E-state index >= 15 is 0 Å². The van der Waals surface area contributed by atoms with Gasteiger partial charge in [0, 0.05) is 0 Å². The number of hydrogen-bond acceptors (Lipinski definition) is 5. The van der Waals surface area contributed by atoms with Gasteiger partial charge in [-0.3, -0.25) is 0 Å². The first-order valence-electron chi connectivity index (χ1n) is 11.2. The largest absolute Gasteiger partial charge is 0.486 e. The first-order valence-corrected chi connectivity index (χ1v) is 11.2. The van der Waals surface area contributed by atoms with Crippen molar-refractivity contribution in [2.75, 3.05) is 0 Å². The van der Waals surface area contributed by atoms with Crippen molar-refractivity contribution in [2.45, 2.75) is 32.2 Å². The minimum atomic E-state index is -4.56. The summed E-state index contributed by atoms with van der Waals surface area (Å²) in [5, 5.41) is 13.4. The maximum Gasteiger partial charge on any atom is 0.416 e. The lowest BCUT2D eigenvalue weighted by atomic mass is 10.1. The fourth-order valence-corrected chi connectivity index (χ4v) is 3.43. The van der Waals surface area contributed by atoms with Crippen molar-refractivity contribution in [2.24, 2.45) is 0 Å². The molecule has 0 atom stereocenters. The van der Waals surface area contributed by atoms with Gasteiger partial charge >= 0.3 is 17.8 Å².